The molecule has 0 spiro atoms. The second-order valence-corrected chi connectivity index (χ2v) is 7.78. The molecule has 0 bridgehead atoms. The fourth-order valence-corrected chi connectivity index (χ4v) is 3.86. The van der Waals surface area contributed by atoms with E-state index < -0.39 is 11.2 Å². The maximum atomic E-state index is 13.0. The van der Waals surface area contributed by atoms with Gasteiger partial charge in [0.05, 0.1) is 23.4 Å². The highest BCUT2D eigenvalue weighted by molar-refractivity contribution is 8.00. The predicted molar refractivity (Wildman–Crippen MR) is 109 cm³/mol. The number of imidazole rings is 1. The average molecular weight is 431 g/mol. The van der Waals surface area contributed by atoms with Gasteiger partial charge in [-0.15, -0.1) is 0 Å². The van der Waals surface area contributed by atoms with E-state index in [9.17, 15) is 23.1 Å². The number of fused-ring (bicyclic) bond motifs is 1. The summed E-state index contributed by atoms with van der Waals surface area (Å²) in [5.41, 5.74) is -2.59. The van der Waals surface area contributed by atoms with Gasteiger partial charge in [0.1, 0.15) is 0 Å². The number of para-hydroxylation sites is 1. The quantitative estimate of drug-likeness (QED) is 0.469. The molecular formula is C21H16F3N3O2S. The van der Waals surface area contributed by atoms with E-state index in [0.29, 0.717) is 5.69 Å². The molecule has 5 nitrogen and oxygen atoms in total. The normalized spacial score (nSPS) is 11.9. The molecule has 1 N–H and O–H groups in total. The summed E-state index contributed by atoms with van der Waals surface area (Å²) in [6.45, 7) is 1.83. The van der Waals surface area contributed by atoms with Crippen LogP contribution in [0.15, 0.2) is 70.5 Å². The zero-order valence-corrected chi connectivity index (χ0v) is 16.5. The number of nitrogens with zero attached hydrogens (tertiary/aromatic N) is 3. The predicted octanol–water partition coefficient (Wildman–Crippen LogP) is 4.86. The molecule has 2 heterocycles. The maximum absolute atomic E-state index is 13.0. The number of pyridine rings is 1. The minimum absolute atomic E-state index is 0.00167. The van der Waals surface area contributed by atoms with Gasteiger partial charge in [-0.3, -0.25) is 9.55 Å². The van der Waals surface area contributed by atoms with E-state index in [2.05, 4.69) is 4.98 Å². The maximum Gasteiger partial charge on any atom is 0.446 e. The van der Waals surface area contributed by atoms with E-state index in [0.717, 1.165) is 21.0 Å². The first-order chi connectivity index (χ1) is 14.2. The number of rotatable bonds is 4. The number of benzene rings is 2. The average Bonchev–Trinajstić information content (AvgIpc) is 2.91. The summed E-state index contributed by atoms with van der Waals surface area (Å²) in [4.78, 5) is 17.3. The minimum atomic E-state index is -4.40. The van der Waals surface area contributed by atoms with Gasteiger partial charge in [-0.05, 0) is 60.6 Å². The van der Waals surface area contributed by atoms with Crippen molar-refractivity contribution in [1.82, 2.24) is 14.1 Å². The number of alkyl halides is 3. The van der Waals surface area contributed by atoms with E-state index in [1.54, 1.807) is 13.1 Å². The number of hydrogen-bond acceptors (Lipinski definition) is 4. The fraction of sp³-hybridized carbons (Fsp3) is 0.143. The van der Waals surface area contributed by atoms with Crippen LogP contribution in [0.1, 0.15) is 11.3 Å². The summed E-state index contributed by atoms with van der Waals surface area (Å²) in [5.74, 6) is -0.255. The Morgan fingerprint density at radius 2 is 1.77 bits per heavy atom. The van der Waals surface area contributed by atoms with Crippen molar-refractivity contribution in [3.05, 3.63) is 82.5 Å². The minimum Gasteiger partial charge on any atom is -0.493 e. The number of halogens is 3. The van der Waals surface area contributed by atoms with Crippen LogP contribution in [0.2, 0.25) is 0 Å². The molecule has 9 heteroatoms. The molecule has 0 aliphatic carbocycles. The van der Waals surface area contributed by atoms with Gasteiger partial charge in [-0.25, -0.2) is 9.36 Å². The van der Waals surface area contributed by atoms with Gasteiger partial charge < -0.3 is 5.11 Å². The monoisotopic (exact) mass is 431 g/mol. The largest absolute Gasteiger partial charge is 0.493 e. The Hall–Kier alpha value is -3.20. The van der Waals surface area contributed by atoms with Crippen LogP contribution in [0.4, 0.5) is 13.2 Å². The fourth-order valence-electron chi connectivity index (χ4n) is 3.32. The van der Waals surface area contributed by atoms with Crippen LogP contribution in [0.3, 0.4) is 0 Å². The van der Waals surface area contributed by atoms with Crippen molar-refractivity contribution in [3.8, 4) is 11.6 Å². The van der Waals surface area contributed by atoms with E-state index in [-0.39, 0.29) is 34.8 Å². The lowest BCUT2D eigenvalue weighted by Gasteiger charge is -2.08. The molecule has 0 radical (unpaired) electrons. The van der Waals surface area contributed by atoms with Crippen LogP contribution in [-0.4, -0.2) is 24.7 Å². The van der Waals surface area contributed by atoms with Gasteiger partial charge in [0, 0.05) is 16.5 Å². The van der Waals surface area contributed by atoms with Crippen LogP contribution >= 0.6 is 11.8 Å². The van der Waals surface area contributed by atoms with E-state index >= 15 is 0 Å². The molecule has 0 saturated carbocycles. The van der Waals surface area contributed by atoms with Gasteiger partial charge >= 0.3 is 11.2 Å². The molecule has 4 aromatic rings. The Morgan fingerprint density at radius 3 is 2.47 bits per heavy atom. The molecule has 2 aromatic heterocycles. The zero-order valence-electron chi connectivity index (χ0n) is 15.7. The summed E-state index contributed by atoms with van der Waals surface area (Å²) >= 11 is -0.237. The second kappa shape index (κ2) is 7.56. The third-order valence-electron chi connectivity index (χ3n) is 4.76. The standard InChI is InChI=1S/C21H16F3N3O2S/c1-13-19(28)27(15-6-8-16(9-7-15)30-21(22,23)24)20(29)26(13)12-14-10-11-25-18-5-3-2-4-17(14)18/h2-11,28H,12H2,1H3. The Balaban J connectivity index is 1.73. The van der Waals surface area contributed by atoms with Crippen molar-refractivity contribution >= 4 is 22.7 Å². The van der Waals surface area contributed by atoms with Gasteiger partial charge in [0.2, 0.25) is 5.88 Å². The molecule has 2 aromatic carbocycles. The van der Waals surface area contributed by atoms with Crippen molar-refractivity contribution in [2.24, 2.45) is 0 Å². The molecule has 154 valence electrons. The Bertz CT molecular complexity index is 1270. The molecule has 0 aliphatic rings. The van der Waals surface area contributed by atoms with Crippen LogP contribution in [0.25, 0.3) is 16.6 Å². The lowest BCUT2D eigenvalue weighted by Crippen LogP contribution is -2.24. The number of thioether (sulfide) groups is 1. The summed E-state index contributed by atoms with van der Waals surface area (Å²) in [5, 5.41) is 11.4. The van der Waals surface area contributed by atoms with Crippen molar-refractivity contribution in [3.63, 3.8) is 0 Å². The smallest absolute Gasteiger partial charge is 0.446 e. The number of hydrogen-bond donors (Lipinski definition) is 1. The van der Waals surface area contributed by atoms with E-state index in [4.69, 9.17) is 0 Å². The molecule has 0 amide bonds. The summed E-state index contributed by atoms with van der Waals surface area (Å²) < 4.78 is 40.1. The Morgan fingerprint density at radius 1 is 1.07 bits per heavy atom. The Kier molecular flexibility index (Phi) is 5.07. The first-order valence-electron chi connectivity index (χ1n) is 8.94. The van der Waals surface area contributed by atoms with Crippen molar-refractivity contribution in [1.29, 1.82) is 0 Å². The van der Waals surface area contributed by atoms with Gasteiger partial charge in [-0.1, -0.05) is 18.2 Å². The highest BCUT2D eigenvalue weighted by Gasteiger charge is 2.29. The van der Waals surface area contributed by atoms with Crippen LogP contribution in [0, 0.1) is 6.92 Å². The van der Waals surface area contributed by atoms with Crippen molar-refractivity contribution < 1.29 is 18.3 Å². The van der Waals surface area contributed by atoms with Crippen LogP contribution in [-0.2, 0) is 6.54 Å². The number of aromatic nitrogens is 3. The topological polar surface area (TPSA) is 60.1 Å². The first-order valence-corrected chi connectivity index (χ1v) is 9.76. The molecule has 4 rings (SSSR count). The molecular weight excluding hydrogens is 415 g/mol. The highest BCUT2D eigenvalue weighted by Crippen LogP contribution is 2.37. The van der Waals surface area contributed by atoms with E-state index in [1.165, 1.54) is 28.8 Å². The van der Waals surface area contributed by atoms with E-state index in [1.807, 2.05) is 30.3 Å². The molecule has 0 atom stereocenters. The van der Waals surface area contributed by atoms with Crippen LogP contribution < -0.4 is 5.69 Å². The van der Waals surface area contributed by atoms with Crippen molar-refractivity contribution in [2.45, 2.75) is 23.9 Å². The summed E-state index contributed by atoms with van der Waals surface area (Å²) in [7, 11) is 0. The van der Waals surface area contributed by atoms with Crippen molar-refractivity contribution in [2.75, 3.05) is 0 Å². The number of aromatic hydroxyl groups is 1. The first kappa shape index (κ1) is 20.1. The molecule has 0 saturated heterocycles. The SMILES string of the molecule is Cc1c(O)n(-c2ccc(SC(F)(F)F)cc2)c(=O)n1Cc1ccnc2ccccc12. The molecule has 0 unspecified atom stereocenters. The third-order valence-corrected chi connectivity index (χ3v) is 5.50. The molecule has 30 heavy (non-hydrogen) atoms. The Labute approximate surface area is 173 Å². The summed E-state index contributed by atoms with van der Waals surface area (Å²) in [6.07, 6.45) is 1.66. The van der Waals surface area contributed by atoms with Crippen LogP contribution in [0.5, 0.6) is 5.88 Å². The highest BCUT2D eigenvalue weighted by atomic mass is 32.2. The van der Waals surface area contributed by atoms with Gasteiger partial charge in [0.25, 0.3) is 0 Å². The lowest BCUT2D eigenvalue weighted by atomic mass is 10.1. The summed E-state index contributed by atoms with van der Waals surface area (Å²) in [6, 6.07) is 14.6. The molecule has 0 fully saturated rings. The third kappa shape index (κ3) is 3.80. The molecule has 0 aliphatic heterocycles. The lowest BCUT2D eigenvalue weighted by molar-refractivity contribution is -0.0328. The zero-order chi connectivity index (χ0) is 21.5. The van der Waals surface area contributed by atoms with Gasteiger partial charge in [-0.2, -0.15) is 13.2 Å². The van der Waals surface area contributed by atoms with Gasteiger partial charge in [0.15, 0.2) is 0 Å². The second-order valence-electron chi connectivity index (χ2n) is 6.64.